The molecule has 0 bridgehead atoms. The van der Waals surface area contributed by atoms with Crippen molar-refractivity contribution in [3.63, 3.8) is 0 Å². The van der Waals surface area contributed by atoms with Gasteiger partial charge in [0.05, 0.1) is 5.01 Å². The van der Waals surface area contributed by atoms with E-state index < -0.39 is 0 Å². The molecule has 1 N–H and O–H groups in total. The molecule has 1 aromatic rings. The molecule has 2 saturated carbocycles. The molecule has 15 heavy (non-hydrogen) atoms. The van der Waals surface area contributed by atoms with E-state index in [2.05, 4.69) is 16.5 Å². The van der Waals surface area contributed by atoms with E-state index in [1.165, 1.54) is 48.5 Å². The molecule has 0 unspecified atom stereocenters. The molecule has 2 fully saturated rings. The Kier molecular flexibility index (Phi) is 2.76. The zero-order valence-electron chi connectivity index (χ0n) is 9.04. The average molecular weight is 222 g/mol. The molecule has 3 heteroatoms. The smallest absolute Gasteiger partial charge is 0.0959 e. The van der Waals surface area contributed by atoms with Crippen LogP contribution in [0, 0.1) is 5.92 Å². The summed E-state index contributed by atoms with van der Waals surface area (Å²) in [5, 5.41) is 4.89. The van der Waals surface area contributed by atoms with Gasteiger partial charge in [0.15, 0.2) is 0 Å². The molecule has 1 heterocycles. The lowest BCUT2D eigenvalue weighted by Gasteiger charge is -2.00. The summed E-state index contributed by atoms with van der Waals surface area (Å²) < 4.78 is 0. The zero-order chi connectivity index (χ0) is 10.1. The molecule has 0 radical (unpaired) electrons. The van der Waals surface area contributed by atoms with E-state index in [4.69, 9.17) is 0 Å². The summed E-state index contributed by atoms with van der Waals surface area (Å²) in [7, 11) is 0. The standard InChI is InChI=1S/C12H18N2S/c1-2-9(1)5-6-13-7-11-8-14-12(15-11)10-3-4-10/h8-10,13H,1-7H2. The monoisotopic (exact) mass is 222 g/mol. The lowest BCUT2D eigenvalue weighted by Crippen LogP contribution is -2.14. The van der Waals surface area contributed by atoms with E-state index in [-0.39, 0.29) is 0 Å². The lowest BCUT2D eigenvalue weighted by molar-refractivity contribution is 0.616. The summed E-state index contributed by atoms with van der Waals surface area (Å²) >= 11 is 1.90. The van der Waals surface area contributed by atoms with Crippen molar-refractivity contribution in [1.29, 1.82) is 0 Å². The maximum Gasteiger partial charge on any atom is 0.0959 e. The molecule has 0 aliphatic heterocycles. The van der Waals surface area contributed by atoms with Crippen molar-refractivity contribution >= 4 is 11.3 Å². The first-order valence-corrected chi connectivity index (χ1v) is 6.89. The summed E-state index contributed by atoms with van der Waals surface area (Å²) in [5.41, 5.74) is 0. The highest BCUT2D eigenvalue weighted by Crippen LogP contribution is 2.41. The molecule has 82 valence electrons. The molecule has 1 aromatic heterocycles. The first-order valence-electron chi connectivity index (χ1n) is 6.07. The van der Waals surface area contributed by atoms with Gasteiger partial charge in [-0.1, -0.05) is 12.8 Å². The van der Waals surface area contributed by atoms with E-state index >= 15 is 0 Å². The molecule has 0 atom stereocenters. The molecule has 2 nitrogen and oxygen atoms in total. The van der Waals surface area contributed by atoms with Crippen LogP contribution in [0.1, 0.15) is 47.9 Å². The summed E-state index contributed by atoms with van der Waals surface area (Å²) in [6.07, 6.45) is 9.09. The number of aromatic nitrogens is 1. The maximum atomic E-state index is 4.48. The van der Waals surface area contributed by atoms with E-state index in [1.807, 2.05) is 11.3 Å². The molecule has 0 aromatic carbocycles. The van der Waals surface area contributed by atoms with Gasteiger partial charge in [0.25, 0.3) is 0 Å². The predicted octanol–water partition coefficient (Wildman–Crippen LogP) is 2.91. The molecule has 2 aliphatic rings. The Morgan fingerprint density at radius 1 is 1.33 bits per heavy atom. The van der Waals surface area contributed by atoms with Crippen molar-refractivity contribution in [2.24, 2.45) is 5.92 Å². The maximum absolute atomic E-state index is 4.48. The number of thiazole rings is 1. The van der Waals surface area contributed by atoms with Gasteiger partial charge in [-0.05, 0) is 31.7 Å². The van der Waals surface area contributed by atoms with Gasteiger partial charge in [0.2, 0.25) is 0 Å². The van der Waals surface area contributed by atoms with E-state index in [0.717, 1.165) is 18.4 Å². The fourth-order valence-electron chi connectivity index (χ4n) is 1.85. The van der Waals surface area contributed by atoms with E-state index in [1.54, 1.807) is 0 Å². The Labute approximate surface area is 95.1 Å². The fraction of sp³-hybridized carbons (Fsp3) is 0.750. The van der Waals surface area contributed by atoms with Crippen molar-refractivity contribution in [3.8, 4) is 0 Å². The predicted molar refractivity (Wildman–Crippen MR) is 63.1 cm³/mol. The third-order valence-corrected chi connectivity index (χ3v) is 4.38. The van der Waals surface area contributed by atoms with Crippen LogP contribution >= 0.6 is 11.3 Å². The van der Waals surface area contributed by atoms with Crippen LogP contribution in [0.15, 0.2) is 6.20 Å². The topological polar surface area (TPSA) is 24.9 Å². The summed E-state index contributed by atoms with van der Waals surface area (Å²) in [6.45, 7) is 2.21. The Morgan fingerprint density at radius 3 is 2.93 bits per heavy atom. The number of hydrogen-bond donors (Lipinski definition) is 1. The molecule has 3 rings (SSSR count). The molecule has 0 saturated heterocycles. The normalized spacial score (nSPS) is 20.8. The Morgan fingerprint density at radius 2 is 2.20 bits per heavy atom. The van der Waals surface area contributed by atoms with Crippen LogP contribution in [-0.4, -0.2) is 11.5 Å². The first kappa shape index (κ1) is 9.79. The van der Waals surface area contributed by atoms with Gasteiger partial charge in [-0.2, -0.15) is 0 Å². The highest BCUT2D eigenvalue weighted by atomic mass is 32.1. The van der Waals surface area contributed by atoms with Crippen molar-refractivity contribution < 1.29 is 0 Å². The SMILES string of the molecule is c1nc(C2CC2)sc1CNCCC1CC1. The van der Waals surface area contributed by atoms with Gasteiger partial charge >= 0.3 is 0 Å². The molecule has 2 aliphatic carbocycles. The van der Waals surface area contributed by atoms with Gasteiger partial charge in [0, 0.05) is 23.5 Å². The van der Waals surface area contributed by atoms with Gasteiger partial charge in [0.1, 0.15) is 0 Å². The van der Waals surface area contributed by atoms with Crippen LogP contribution in [0.2, 0.25) is 0 Å². The lowest BCUT2D eigenvalue weighted by atomic mass is 10.3. The van der Waals surface area contributed by atoms with Gasteiger partial charge in [-0.3, -0.25) is 0 Å². The van der Waals surface area contributed by atoms with Crippen LogP contribution < -0.4 is 5.32 Å². The molecular formula is C12H18N2S. The van der Waals surface area contributed by atoms with Crippen LogP contribution in [-0.2, 0) is 6.54 Å². The Balaban J connectivity index is 1.40. The number of rotatable bonds is 6. The van der Waals surface area contributed by atoms with Crippen molar-refractivity contribution in [1.82, 2.24) is 10.3 Å². The third-order valence-electron chi connectivity index (χ3n) is 3.22. The second kappa shape index (κ2) is 4.22. The quantitative estimate of drug-likeness (QED) is 0.749. The average Bonchev–Trinajstić information content (AvgIpc) is 3.14. The second-order valence-corrected chi connectivity index (χ2v) is 5.99. The summed E-state index contributed by atoms with van der Waals surface area (Å²) in [5.74, 6) is 1.86. The van der Waals surface area contributed by atoms with Crippen molar-refractivity contribution in [2.45, 2.75) is 44.6 Å². The molecule has 0 spiro atoms. The van der Waals surface area contributed by atoms with Gasteiger partial charge in [-0.15, -0.1) is 11.3 Å². The molecule has 0 amide bonds. The zero-order valence-corrected chi connectivity index (χ0v) is 9.85. The highest BCUT2D eigenvalue weighted by molar-refractivity contribution is 7.11. The number of hydrogen-bond acceptors (Lipinski definition) is 3. The summed E-state index contributed by atoms with van der Waals surface area (Å²) in [4.78, 5) is 5.89. The second-order valence-electron chi connectivity index (χ2n) is 4.85. The summed E-state index contributed by atoms with van der Waals surface area (Å²) in [6, 6.07) is 0. The van der Waals surface area contributed by atoms with Crippen LogP contribution in [0.5, 0.6) is 0 Å². The van der Waals surface area contributed by atoms with Gasteiger partial charge in [-0.25, -0.2) is 4.98 Å². The van der Waals surface area contributed by atoms with E-state index in [9.17, 15) is 0 Å². The van der Waals surface area contributed by atoms with Gasteiger partial charge < -0.3 is 5.32 Å². The van der Waals surface area contributed by atoms with Crippen LogP contribution in [0.4, 0.5) is 0 Å². The highest BCUT2D eigenvalue weighted by Gasteiger charge is 2.26. The van der Waals surface area contributed by atoms with Crippen LogP contribution in [0.3, 0.4) is 0 Å². The van der Waals surface area contributed by atoms with E-state index in [0.29, 0.717) is 0 Å². The minimum Gasteiger partial charge on any atom is -0.312 e. The Bertz CT molecular complexity index is 326. The van der Waals surface area contributed by atoms with Crippen molar-refractivity contribution in [3.05, 3.63) is 16.1 Å². The fourth-order valence-corrected chi connectivity index (χ4v) is 2.90. The minimum atomic E-state index is 0.815. The third kappa shape index (κ3) is 2.79. The number of nitrogens with one attached hydrogen (secondary N) is 1. The largest absolute Gasteiger partial charge is 0.312 e. The minimum absolute atomic E-state index is 0.815. The number of nitrogens with zero attached hydrogens (tertiary/aromatic N) is 1. The van der Waals surface area contributed by atoms with Crippen LogP contribution in [0.25, 0.3) is 0 Å². The molecular weight excluding hydrogens is 204 g/mol. The first-order chi connectivity index (χ1) is 7.42. The Hall–Kier alpha value is -0.410. The van der Waals surface area contributed by atoms with Crippen molar-refractivity contribution in [2.75, 3.05) is 6.54 Å².